The van der Waals surface area contributed by atoms with Gasteiger partial charge in [-0.05, 0) is 68.3 Å². The smallest absolute Gasteiger partial charge is 0.271 e. The lowest BCUT2D eigenvalue weighted by Crippen LogP contribution is -2.40. The number of allylic oxidation sites excluding steroid dienone is 1. The van der Waals surface area contributed by atoms with Crippen molar-refractivity contribution in [2.24, 2.45) is 4.99 Å². The van der Waals surface area contributed by atoms with E-state index in [2.05, 4.69) is 5.32 Å². The van der Waals surface area contributed by atoms with Gasteiger partial charge in [-0.2, -0.15) is 0 Å². The van der Waals surface area contributed by atoms with E-state index in [1.807, 2.05) is 68.4 Å². The van der Waals surface area contributed by atoms with Gasteiger partial charge in [-0.15, -0.1) is 0 Å². The highest BCUT2D eigenvalue weighted by Crippen LogP contribution is 2.32. The molecule has 0 bridgehead atoms. The highest BCUT2D eigenvalue weighted by molar-refractivity contribution is 7.07. The Morgan fingerprint density at radius 2 is 1.63 bits per heavy atom. The molecule has 1 aliphatic rings. The molecule has 1 N–H and O–H groups in total. The van der Waals surface area contributed by atoms with Gasteiger partial charge < -0.3 is 19.5 Å². The van der Waals surface area contributed by atoms with Crippen molar-refractivity contribution >= 4 is 29.0 Å². The van der Waals surface area contributed by atoms with Gasteiger partial charge in [0, 0.05) is 17.3 Å². The maximum atomic E-state index is 14.0. The minimum absolute atomic E-state index is 0.253. The van der Waals surface area contributed by atoms with Crippen LogP contribution in [0.25, 0.3) is 6.08 Å². The van der Waals surface area contributed by atoms with E-state index in [0.29, 0.717) is 43.5 Å². The van der Waals surface area contributed by atoms with E-state index in [1.54, 1.807) is 45.0 Å². The summed E-state index contributed by atoms with van der Waals surface area (Å²) in [6.07, 6.45) is 1.78. The van der Waals surface area contributed by atoms with Crippen LogP contribution < -0.4 is 34.4 Å². The molecule has 8 nitrogen and oxygen atoms in total. The fourth-order valence-corrected chi connectivity index (χ4v) is 5.97. The van der Waals surface area contributed by atoms with Crippen LogP contribution in [0.2, 0.25) is 0 Å². The Kier molecular flexibility index (Phi) is 7.81. The SMILES string of the molecule is COc1ccc([C@H]2C(C(=O)Nc3ccc(C)cc3C)=C(C)N=c3s/c(=C/c4ccc(OC)cc4OC)c(=O)n32)cc1. The van der Waals surface area contributed by atoms with Crippen LogP contribution in [-0.4, -0.2) is 31.8 Å². The molecular weight excluding hydrogens is 538 g/mol. The van der Waals surface area contributed by atoms with E-state index in [-0.39, 0.29) is 11.5 Å². The van der Waals surface area contributed by atoms with Gasteiger partial charge in [0.1, 0.15) is 17.2 Å². The lowest BCUT2D eigenvalue weighted by atomic mass is 9.95. The highest BCUT2D eigenvalue weighted by Gasteiger charge is 2.32. The number of amides is 1. The second kappa shape index (κ2) is 11.5. The topological polar surface area (TPSA) is 91.2 Å². The molecule has 9 heteroatoms. The molecule has 0 saturated heterocycles. The fourth-order valence-electron chi connectivity index (χ4n) is 4.94. The van der Waals surface area contributed by atoms with Crippen molar-refractivity contribution in [3.8, 4) is 17.2 Å². The molecule has 41 heavy (non-hydrogen) atoms. The number of benzene rings is 3. The molecular formula is C32H31N3O5S. The normalized spacial score (nSPS) is 14.8. The zero-order valence-electron chi connectivity index (χ0n) is 23.8. The Hall–Kier alpha value is -4.63. The van der Waals surface area contributed by atoms with Crippen molar-refractivity contribution < 1.29 is 19.0 Å². The van der Waals surface area contributed by atoms with Crippen LogP contribution >= 0.6 is 11.3 Å². The first-order valence-corrected chi connectivity index (χ1v) is 13.8. The lowest BCUT2D eigenvalue weighted by molar-refractivity contribution is -0.113. The van der Waals surface area contributed by atoms with Crippen molar-refractivity contribution in [2.75, 3.05) is 26.6 Å². The van der Waals surface area contributed by atoms with E-state index in [4.69, 9.17) is 19.2 Å². The summed E-state index contributed by atoms with van der Waals surface area (Å²) in [6, 6.07) is 18.0. The maximum Gasteiger partial charge on any atom is 0.271 e. The molecule has 0 spiro atoms. The van der Waals surface area contributed by atoms with Crippen molar-refractivity contribution in [3.63, 3.8) is 0 Å². The first-order valence-electron chi connectivity index (χ1n) is 13.0. The number of anilines is 1. The minimum Gasteiger partial charge on any atom is -0.497 e. The van der Waals surface area contributed by atoms with Crippen LogP contribution in [0, 0.1) is 13.8 Å². The van der Waals surface area contributed by atoms with Gasteiger partial charge in [0.25, 0.3) is 11.5 Å². The molecule has 0 radical (unpaired) electrons. The second-order valence-electron chi connectivity index (χ2n) is 9.74. The van der Waals surface area contributed by atoms with Gasteiger partial charge in [0.2, 0.25) is 0 Å². The molecule has 0 saturated carbocycles. The molecule has 5 rings (SSSR count). The predicted molar refractivity (Wildman–Crippen MR) is 161 cm³/mol. The molecule has 0 unspecified atom stereocenters. The van der Waals surface area contributed by atoms with Crippen LogP contribution in [-0.2, 0) is 4.79 Å². The van der Waals surface area contributed by atoms with Crippen LogP contribution in [0.15, 0.2) is 81.7 Å². The van der Waals surface area contributed by atoms with E-state index >= 15 is 0 Å². The highest BCUT2D eigenvalue weighted by atomic mass is 32.1. The largest absolute Gasteiger partial charge is 0.497 e. The Balaban J connectivity index is 1.67. The number of hydrogen-bond acceptors (Lipinski definition) is 7. The van der Waals surface area contributed by atoms with E-state index < -0.39 is 6.04 Å². The van der Waals surface area contributed by atoms with Gasteiger partial charge in [-0.25, -0.2) is 4.99 Å². The third-order valence-electron chi connectivity index (χ3n) is 7.06. The van der Waals surface area contributed by atoms with Crippen LogP contribution in [0.5, 0.6) is 17.2 Å². The standard InChI is InChI=1S/C32H31N3O5S/c1-18-7-14-25(19(2)15-18)34-30(36)28-20(3)33-32-35(29(28)21-8-11-23(38-4)12-9-21)31(37)27(41-32)16-22-10-13-24(39-5)17-26(22)40-6/h7-17,29H,1-6H3,(H,34,36)/b27-16+/t29-/m0/s1. The molecule has 4 aromatic rings. The first kappa shape index (κ1) is 27.9. The number of aryl methyl sites for hydroxylation is 2. The summed E-state index contributed by atoms with van der Waals surface area (Å²) >= 11 is 1.27. The number of carbonyl (C=O) groups excluding carboxylic acids is 1. The number of fused-ring (bicyclic) bond motifs is 1. The third-order valence-corrected chi connectivity index (χ3v) is 8.04. The Labute approximate surface area is 241 Å². The number of ether oxygens (including phenoxy) is 3. The van der Waals surface area contributed by atoms with Gasteiger partial charge in [0.05, 0.1) is 43.2 Å². The molecule has 1 atom stereocenters. The number of nitrogens with one attached hydrogen (secondary N) is 1. The van der Waals surface area contributed by atoms with Crippen molar-refractivity contribution in [3.05, 3.63) is 114 Å². The van der Waals surface area contributed by atoms with Crippen LogP contribution in [0.1, 0.15) is 35.2 Å². The monoisotopic (exact) mass is 569 g/mol. The second-order valence-corrected chi connectivity index (χ2v) is 10.7. The average Bonchev–Trinajstić information content (AvgIpc) is 3.27. The van der Waals surface area contributed by atoms with Crippen LogP contribution in [0.3, 0.4) is 0 Å². The number of carbonyl (C=O) groups is 1. The molecule has 1 amide bonds. The van der Waals surface area contributed by atoms with Crippen LogP contribution in [0.4, 0.5) is 5.69 Å². The molecule has 3 aromatic carbocycles. The number of hydrogen-bond donors (Lipinski definition) is 1. The average molecular weight is 570 g/mol. The van der Waals surface area contributed by atoms with E-state index in [1.165, 1.54) is 11.3 Å². The molecule has 0 fully saturated rings. The summed E-state index contributed by atoms with van der Waals surface area (Å²) in [7, 11) is 4.75. The van der Waals surface area contributed by atoms with Gasteiger partial charge in [-0.3, -0.25) is 14.2 Å². The molecule has 210 valence electrons. The maximum absolute atomic E-state index is 14.0. The zero-order chi connectivity index (χ0) is 29.3. The van der Waals surface area contributed by atoms with E-state index in [0.717, 1.165) is 22.3 Å². The number of thiazole rings is 1. The first-order chi connectivity index (χ1) is 19.7. The summed E-state index contributed by atoms with van der Waals surface area (Å²) < 4.78 is 18.3. The lowest BCUT2D eigenvalue weighted by Gasteiger charge is -2.25. The molecule has 0 aliphatic carbocycles. The summed E-state index contributed by atoms with van der Waals surface area (Å²) in [5, 5.41) is 3.05. The number of aromatic nitrogens is 1. The summed E-state index contributed by atoms with van der Waals surface area (Å²) in [5.41, 5.74) is 4.94. The van der Waals surface area contributed by atoms with Gasteiger partial charge >= 0.3 is 0 Å². The van der Waals surface area contributed by atoms with Crippen molar-refractivity contribution in [1.82, 2.24) is 4.57 Å². The minimum atomic E-state index is -0.692. The predicted octanol–water partition coefficient (Wildman–Crippen LogP) is 4.52. The molecule has 1 aliphatic heterocycles. The van der Waals surface area contributed by atoms with Crippen molar-refractivity contribution in [1.29, 1.82) is 0 Å². The number of nitrogens with zero attached hydrogens (tertiary/aromatic N) is 2. The summed E-state index contributed by atoms with van der Waals surface area (Å²) in [4.78, 5) is 33.1. The summed E-state index contributed by atoms with van der Waals surface area (Å²) in [6.45, 7) is 5.76. The molecule has 1 aromatic heterocycles. The number of methoxy groups -OCH3 is 3. The zero-order valence-corrected chi connectivity index (χ0v) is 24.6. The summed E-state index contributed by atoms with van der Waals surface area (Å²) in [5.74, 6) is 1.58. The Bertz CT molecular complexity index is 1850. The Morgan fingerprint density at radius 1 is 0.927 bits per heavy atom. The van der Waals surface area contributed by atoms with E-state index in [9.17, 15) is 9.59 Å². The van der Waals surface area contributed by atoms with Crippen molar-refractivity contribution in [2.45, 2.75) is 26.8 Å². The number of rotatable bonds is 7. The third kappa shape index (κ3) is 5.40. The Morgan fingerprint density at radius 3 is 2.29 bits per heavy atom. The molecule has 2 heterocycles. The van der Waals surface area contributed by atoms with Gasteiger partial charge in [-0.1, -0.05) is 41.2 Å². The fraction of sp³-hybridized carbons (Fsp3) is 0.219. The quantitative estimate of drug-likeness (QED) is 0.354. The van der Waals surface area contributed by atoms with Gasteiger partial charge in [0.15, 0.2) is 4.80 Å².